The van der Waals surface area contributed by atoms with Crippen LogP contribution in [0.15, 0.2) is 29.4 Å². The van der Waals surface area contributed by atoms with Crippen LogP contribution in [0.2, 0.25) is 0 Å². The van der Waals surface area contributed by atoms with E-state index in [2.05, 4.69) is 19.0 Å². The van der Waals surface area contributed by atoms with E-state index in [1.165, 1.54) is 0 Å². The number of oxime groups is 1. The molecule has 0 aromatic heterocycles. The number of amidine groups is 1. The molecule has 0 aliphatic rings. The highest BCUT2D eigenvalue weighted by molar-refractivity contribution is 5.99. The SMILES string of the molecule is CC(C)COc1ccccc1/C(N)=N/O. The van der Waals surface area contributed by atoms with E-state index < -0.39 is 0 Å². The first-order chi connectivity index (χ1) is 7.15. The highest BCUT2D eigenvalue weighted by atomic mass is 16.5. The molecule has 0 heterocycles. The number of hydrogen-bond donors (Lipinski definition) is 2. The Morgan fingerprint density at radius 1 is 1.47 bits per heavy atom. The van der Waals surface area contributed by atoms with E-state index in [1.807, 2.05) is 12.1 Å². The van der Waals surface area contributed by atoms with Gasteiger partial charge in [-0.15, -0.1) is 0 Å². The number of para-hydroxylation sites is 1. The van der Waals surface area contributed by atoms with Gasteiger partial charge in [-0.05, 0) is 18.1 Å². The molecule has 0 atom stereocenters. The Balaban J connectivity index is 2.87. The molecule has 0 saturated carbocycles. The maximum atomic E-state index is 8.60. The van der Waals surface area contributed by atoms with E-state index in [9.17, 15) is 0 Å². The summed E-state index contributed by atoms with van der Waals surface area (Å²) in [5.41, 5.74) is 6.13. The Hall–Kier alpha value is -1.71. The van der Waals surface area contributed by atoms with Crippen LogP contribution in [0.3, 0.4) is 0 Å². The standard InChI is InChI=1S/C11H16N2O2/c1-8(2)7-15-10-6-4-3-5-9(10)11(12)13-14/h3-6,8,14H,7H2,1-2H3,(H2,12,13). The Kier molecular flexibility index (Phi) is 3.97. The predicted molar refractivity (Wildman–Crippen MR) is 59.3 cm³/mol. The number of nitrogens with zero attached hydrogens (tertiary/aromatic N) is 1. The highest BCUT2D eigenvalue weighted by Crippen LogP contribution is 2.18. The molecule has 15 heavy (non-hydrogen) atoms. The number of rotatable bonds is 4. The molecule has 0 saturated heterocycles. The Labute approximate surface area is 89.4 Å². The third kappa shape index (κ3) is 3.16. The van der Waals surface area contributed by atoms with E-state index in [0.29, 0.717) is 23.8 Å². The minimum Gasteiger partial charge on any atom is -0.493 e. The van der Waals surface area contributed by atoms with Gasteiger partial charge in [0.25, 0.3) is 0 Å². The smallest absolute Gasteiger partial charge is 0.173 e. The first-order valence-corrected chi connectivity index (χ1v) is 4.85. The average molecular weight is 208 g/mol. The van der Waals surface area contributed by atoms with Crippen LogP contribution in [-0.4, -0.2) is 17.6 Å². The summed E-state index contributed by atoms with van der Waals surface area (Å²) in [5, 5.41) is 11.6. The molecule has 1 rings (SSSR count). The van der Waals surface area contributed by atoms with Crippen molar-refractivity contribution >= 4 is 5.84 Å². The zero-order valence-electron chi connectivity index (χ0n) is 8.97. The quantitative estimate of drug-likeness (QED) is 0.343. The van der Waals surface area contributed by atoms with Gasteiger partial charge in [0.1, 0.15) is 5.75 Å². The fourth-order valence-corrected chi connectivity index (χ4v) is 1.11. The molecule has 0 bridgehead atoms. The molecule has 0 unspecified atom stereocenters. The zero-order chi connectivity index (χ0) is 11.3. The molecular weight excluding hydrogens is 192 g/mol. The van der Waals surface area contributed by atoms with Gasteiger partial charge in [0, 0.05) is 0 Å². The summed E-state index contributed by atoms with van der Waals surface area (Å²) < 4.78 is 5.55. The van der Waals surface area contributed by atoms with E-state index >= 15 is 0 Å². The molecule has 0 spiro atoms. The minimum atomic E-state index is 0.0642. The molecule has 1 aromatic rings. The molecule has 0 amide bonds. The van der Waals surface area contributed by atoms with Gasteiger partial charge < -0.3 is 15.7 Å². The second kappa shape index (κ2) is 5.24. The molecule has 0 fully saturated rings. The Morgan fingerprint density at radius 3 is 2.73 bits per heavy atom. The average Bonchev–Trinajstić information content (AvgIpc) is 2.25. The first-order valence-electron chi connectivity index (χ1n) is 4.85. The summed E-state index contributed by atoms with van der Waals surface area (Å²) in [6, 6.07) is 7.22. The van der Waals surface area contributed by atoms with Gasteiger partial charge >= 0.3 is 0 Å². The lowest BCUT2D eigenvalue weighted by molar-refractivity contribution is 0.270. The summed E-state index contributed by atoms with van der Waals surface area (Å²) in [5.74, 6) is 1.14. The zero-order valence-corrected chi connectivity index (χ0v) is 8.97. The predicted octanol–water partition coefficient (Wildman–Crippen LogP) is 1.82. The van der Waals surface area contributed by atoms with Crippen molar-refractivity contribution in [3.63, 3.8) is 0 Å². The molecule has 4 nitrogen and oxygen atoms in total. The number of benzene rings is 1. The van der Waals surface area contributed by atoms with Crippen molar-refractivity contribution in [2.75, 3.05) is 6.61 Å². The maximum absolute atomic E-state index is 8.60. The molecular formula is C11H16N2O2. The van der Waals surface area contributed by atoms with Crippen molar-refractivity contribution in [2.24, 2.45) is 16.8 Å². The van der Waals surface area contributed by atoms with E-state index in [-0.39, 0.29) is 5.84 Å². The fourth-order valence-electron chi connectivity index (χ4n) is 1.11. The molecule has 82 valence electrons. The van der Waals surface area contributed by atoms with Crippen LogP contribution >= 0.6 is 0 Å². The van der Waals surface area contributed by atoms with Gasteiger partial charge in [-0.3, -0.25) is 0 Å². The van der Waals surface area contributed by atoms with Crippen molar-refractivity contribution in [2.45, 2.75) is 13.8 Å². The summed E-state index contributed by atoms with van der Waals surface area (Å²) in [7, 11) is 0. The molecule has 1 aromatic carbocycles. The fraction of sp³-hybridized carbons (Fsp3) is 0.364. The van der Waals surface area contributed by atoms with Crippen LogP contribution in [0.4, 0.5) is 0 Å². The second-order valence-electron chi connectivity index (χ2n) is 3.69. The lowest BCUT2D eigenvalue weighted by Gasteiger charge is -2.11. The van der Waals surface area contributed by atoms with Crippen molar-refractivity contribution in [3.8, 4) is 5.75 Å². The number of nitrogens with two attached hydrogens (primary N) is 1. The van der Waals surface area contributed by atoms with Crippen LogP contribution in [-0.2, 0) is 0 Å². The number of hydrogen-bond acceptors (Lipinski definition) is 3. The van der Waals surface area contributed by atoms with Crippen molar-refractivity contribution in [3.05, 3.63) is 29.8 Å². The van der Waals surface area contributed by atoms with E-state index in [0.717, 1.165) is 0 Å². The van der Waals surface area contributed by atoms with Gasteiger partial charge in [-0.2, -0.15) is 0 Å². The van der Waals surface area contributed by atoms with Crippen molar-refractivity contribution in [1.82, 2.24) is 0 Å². The van der Waals surface area contributed by atoms with Gasteiger partial charge in [0.05, 0.1) is 12.2 Å². The topological polar surface area (TPSA) is 67.8 Å². The Morgan fingerprint density at radius 2 is 2.13 bits per heavy atom. The van der Waals surface area contributed by atoms with Gasteiger partial charge in [-0.1, -0.05) is 31.1 Å². The third-order valence-corrected chi connectivity index (χ3v) is 1.84. The largest absolute Gasteiger partial charge is 0.493 e. The normalized spacial score (nSPS) is 11.8. The van der Waals surface area contributed by atoms with Crippen molar-refractivity contribution < 1.29 is 9.94 Å². The number of ether oxygens (including phenoxy) is 1. The van der Waals surface area contributed by atoms with Crippen LogP contribution in [0.5, 0.6) is 5.75 Å². The van der Waals surface area contributed by atoms with Crippen molar-refractivity contribution in [1.29, 1.82) is 0 Å². The maximum Gasteiger partial charge on any atom is 0.173 e. The third-order valence-electron chi connectivity index (χ3n) is 1.84. The lowest BCUT2D eigenvalue weighted by atomic mass is 10.2. The summed E-state index contributed by atoms with van der Waals surface area (Å²) >= 11 is 0. The molecule has 4 heteroatoms. The molecule has 3 N–H and O–H groups in total. The lowest BCUT2D eigenvalue weighted by Crippen LogP contribution is -2.15. The minimum absolute atomic E-state index is 0.0642. The molecule has 0 aliphatic carbocycles. The highest BCUT2D eigenvalue weighted by Gasteiger charge is 2.07. The van der Waals surface area contributed by atoms with Crippen LogP contribution in [0.25, 0.3) is 0 Å². The summed E-state index contributed by atoms with van der Waals surface area (Å²) in [6.07, 6.45) is 0. The first kappa shape index (κ1) is 11.4. The van der Waals surface area contributed by atoms with Gasteiger partial charge in [-0.25, -0.2) is 0 Å². The van der Waals surface area contributed by atoms with Gasteiger partial charge in [0.2, 0.25) is 0 Å². The van der Waals surface area contributed by atoms with Gasteiger partial charge in [0.15, 0.2) is 5.84 Å². The second-order valence-corrected chi connectivity index (χ2v) is 3.69. The van der Waals surface area contributed by atoms with Crippen LogP contribution < -0.4 is 10.5 Å². The molecule has 0 radical (unpaired) electrons. The summed E-state index contributed by atoms with van der Waals surface area (Å²) in [6.45, 7) is 4.73. The summed E-state index contributed by atoms with van der Waals surface area (Å²) in [4.78, 5) is 0. The van der Waals surface area contributed by atoms with E-state index in [1.54, 1.807) is 12.1 Å². The monoisotopic (exact) mass is 208 g/mol. The van der Waals surface area contributed by atoms with Crippen LogP contribution in [0, 0.1) is 5.92 Å². The Bertz CT molecular complexity index is 348. The van der Waals surface area contributed by atoms with Crippen LogP contribution in [0.1, 0.15) is 19.4 Å². The van der Waals surface area contributed by atoms with E-state index in [4.69, 9.17) is 15.7 Å². The molecule has 0 aliphatic heterocycles.